The molecule has 2 fully saturated rings. The van der Waals surface area contributed by atoms with Crippen molar-refractivity contribution < 1.29 is 13.9 Å². The lowest BCUT2D eigenvalue weighted by Crippen LogP contribution is -2.61. The number of aromatic nitrogens is 2. The summed E-state index contributed by atoms with van der Waals surface area (Å²) in [6, 6.07) is 10.1. The first-order chi connectivity index (χ1) is 14.3. The predicted molar refractivity (Wildman–Crippen MR) is 108 cm³/mol. The fourth-order valence-corrected chi connectivity index (χ4v) is 4.06. The highest BCUT2D eigenvalue weighted by molar-refractivity contribution is 5.92. The molecule has 4 heterocycles. The average Bonchev–Trinajstić information content (AvgIpc) is 3.21. The Hall–Kier alpha value is -2.93. The Morgan fingerprint density at radius 1 is 1.17 bits per heavy atom. The zero-order valence-corrected chi connectivity index (χ0v) is 16.3. The molecular formula is C22H24N4O3. The second-order valence-electron chi connectivity index (χ2n) is 7.73. The quantitative estimate of drug-likeness (QED) is 0.664. The van der Waals surface area contributed by atoms with Crippen molar-refractivity contribution in [3.05, 3.63) is 54.4 Å². The van der Waals surface area contributed by atoms with E-state index in [0.29, 0.717) is 23.4 Å². The molecule has 29 heavy (non-hydrogen) atoms. The summed E-state index contributed by atoms with van der Waals surface area (Å²) in [5, 5.41) is 1.01. The Labute approximate surface area is 169 Å². The van der Waals surface area contributed by atoms with Crippen LogP contribution < -0.4 is 4.74 Å². The van der Waals surface area contributed by atoms with Gasteiger partial charge in [0, 0.05) is 30.7 Å². The van der Waals surface area contributed by atoms with Crippen LogP contribution in [0.3, 0.4) is 0 Å². The van der Waals surface area contributed by atoms with E-state index in [1.54, 1.807) is 6.20 Å². The van der Waals surface area contributed by atoms with Gasteiger partial charge < -0.3 is 14.1 Å². The normalized spacial score (nSPS) is 18.0. The summed E-state index contributed by atoms with van der Waals surface area (Å²) >= 11 is 0. The standard InChI is InChI=1S/C22H24N4O3/c27-22(26-12-17(13-26)25-9-2-1-3-10-25)20-14-29-21(24-20)15-28-18-6-7-19-16(11-18)5-4-8-23-19/h4-8,11,14,17H,1-3,9-10,12-13,15H2. The van der Waals surface area contributed by atoms with Gasteiger partial charge >= 0.3 is 0 Å². The number of carbonyl (C=O) groups excluding carboxylic acids is 1. The van der Waals surface area contributed by atoms with Gasteiger partial charge in [-0.05, 0) is 50.2 Å². The number of likely N-dealkylation sites (tertiary alicyclic amines) is 2. The predicted octanol–water partition coefficient (Wildman–Crippen LogP) is 3.11. The van der Waals surface area contributed by atoms with Crippen LogP contribution in [0.2, 0.25) is 0 Å². The maximum Gasteiger partial charge on any atom is 0.275 e. The monoisotopic (exact) mass is 392 g/mol. The molecule has 0 aliphatic carbocycles. The second-order valence-corrected chi connectivity index (χ2v) is 7.73. The number of pyridine rings is 1. The molecule has 2 saturated heterocycles. The molecule has 3 aromatic rings. The first-order valence-corrected chi connectivity index (χ1v) is 10.2. The zero-order valence-electron chi connectivity index (χ0n) is 16.3. The fourth-order valence-electron chi connectivity index (χ4n) is 4.06. The Bertz CT molecular complexity index is 1010. The van der Waals surface area contributed by atoms with Crippen LogP contribution >= 0.6 is 0 Å². The molecule has 0 unspecified atom stereocenters. The van der Waals surface area contributed by atoms with Crippen LogP contribution in [0.1, 0.15) is 35.6 Å². The van der Waals surface area contributed by atoms with Gasteiger partial charge in [0.25, 0.3) is 5.91 Å². The molecule has 0 N–H and O–H groups in total. The van der Waals surface area contributed by atoms with Gasteiger partial charge in [-0.1, -0.05) is 12.5 Å². The van der Waals surface area contributed by atoms with Crippen LogP contribution in [-0.4, -0.2) is 57.9 Å². The topological polar surface area (TPSA) is 71.7 Å². The lowest BCUT2D eigenvalue weighted by molar-refractivity contribution is 0.0199. The van der Waals surface area contributed by atoms with Crippen molar-refractivity contribution in [2.75, 3.05) is 26.2 Å². The summed E-state index contributed by atoms with van der Waals surface area (Å²) in [4.78, 5) is 25.6. The minimum absolute atomic E-state index is 0.0648. The number of carbonyl (C=O) groups is 1. The van der Waals surface area contributed by atoms with E-state index in [1.165, 1.54) is 25.5 Å². The van der Waals surface area contributed by atoms with Crippen LogP contribution in [0.5, 0.6) is 5.75 Å². The van der Waals surface area contributed by atoms with Gasteiger partial charge in [-0.2, -0.15) is 0 Å². The van der Waals surface area contributed by atoms with E-state index in [0.717, 1.165) is 37.1 Å². The van der Waals surface area contributed by atoms with Crippen molar-refractivity contribution >= 4 is 16.8 Å². The van der Waals surface area contributed by atoms with Crippen LogP contribution in [0, 0.1) is 0 Å². The second kappa shape index (κ2) is 7.83. The Morgan fingerprint density at radius 2 is 2.03 bits per heavy atom. The molecule has 150 valence electrons. The summed E-state index contributed by atoms with van der Waals surface area (Å²) in [5.74, 6) is 1.04. The number of hydrogen-bond acceptors (Lipinski definition) is 6. The van der Waals surface area contributed by atoms with Crippen molar-refractivity contribution in [1.82, 2.24) is 19.8 Å². The molecule has 0 saturated carbocycles. The van der Waals surface area contributed by atoms with Gasteiger partial charge in [0.2, 0.25) is 5.89 Å². The van der Waals surface area contributed by atoms with E-state index >= 15 is 0 Å². The first kappa shape index (κ1) is 18.1. The molecule has 0 bridgehead atoms. The fraction of sp³-hybridized carbons (Fsp3) is 0.409. The van der Waals surface area contributed by atoms with Crippen molar-refractivity contribution in [3.8, 4) is 5.75 Å². The molecule has 0 atom stereocenters. The molecule has 0 radical (unpaired) electrons. The third kappa shape index (κ3) is 3.82. The highest BCUT2D eigenvalue weighted by Gasteiger charge is 2.36. The highest BCUT2D eigenvalue weighted by atomic mass is 16.5. The maximum atomic E-state index is 12.6. The first-order valence-electron chi connectivity index (χ1n) is 10.2. The molecule has 2 aliphatic heterocycles. The molecule has 7 nitrogen and oxygen atoms in total. The van der Waals surface area contributed by atoms with Crippen molar-refractivity contribution in [3.63, 3.8) is 0 Å². The third-order valence-corrected chi connectivity index (χ3v) is 5.76. The summed E-state index contributed by atoms with van der Waals surface area (Å²) in [6.07, 6.45) is 7.06. The lowest BCUT2D eigenvalue weighted by Gasteiger charge is -2.46. The molecule has 0 spiro atoms. The maximum absolute atomic E-state index is 12.6. The number of oxazole rings is 1. The number of piperidine rings is 1. The Kier molecular flexibility index (Phi) is 4.89. The summed E-state index contributed by atoms with van der Waals surface area (Å²) in [5.41, 5.74) is 1.27. The minimum Gasteiger partial charge on any atom is -0.484 e. The van der Waals surface area contributed by atoms with Gasteiger partial charge in [-0.15, -0.1) is 0 Å². The van der Waals surface area contributed by atoms with Crippen LogP contribution in [0.25, 0.3) is 10.9 Å². The van der Waals surface area contributed by atoms with E-state index in [2.05, 4.69) is 14.9 Å². The Morgan fingerprint density at radius 3 is 2.90 bits per heavy atom. The van der Waals surface area contributed by atoms with Gasteiger partial charge in [-0.3, -0.25) is 14.7 Å². The van der Waals surface area contributed by atoms with Crippen molar-refractivity contribution in [2.24, 2.45) is 0 Å². The van der Waals surface area contributed by atoms with E-state index < -0.39 is 0 Å². The molecule has 2 aromatic heterocycles. The van der Waals surface area contributed by atoms with Gasteiger partial charge in [0.15, 0.2) is 12.3 Å². The van der Waals surface area contributed by atoms with E-state index in [-0.39, 0.29) is 12.5 Å². The summed E-state index contributed by atoms with van der Waals surface area (Å²) in [6.45, 7) is 4.05. The average molecular weight is 392 g/mol. The molecule has 1 amide bonds. The molecule has 7 heteroatoms. The highest BCUT2D eigenvalue weighted by Crippen LogP contribution is 2.22. The summed E-state index contributed by atoms with van der Waals surface area (Å²) < 4.78 is 11.2. The molecular weight excluding hydrogens is 368 g/mol. The summed E-state index contributed by atoms with van der Waals surface area (Å²) in [7, 11) is 0. The lowest BCUT2D eigenvalue weighted by atomic mass is 10.0. The van der Waals surface area contributed by atoms with Gasteiger partial charge in [-0.25, -0.2) is 4.98 Å². The van der Waals surface area contributed by atoms with Gasteiger partial charge in [0.1, 0.15) is 12.0 Å². The number of benzene rings is 1. The van der Waals surface area contributed by atoms with Crippen LogP contribution in [-0.2, 0) is 6.61 Å². The molecule has 5 rings (SSSR count). The van der Waals surface area contributed by atoms with Crippen LogP contribution in [0.4, 0.5) is 0 Å². The minimum atomic E-state index is -0.0648. The smallest absolute Gasteiger partial charge is 0.275 e. The third-order valence-electron chi connectivity index (χ3n) is 5.76. The number of hydrogen-bond donors (Lipinski definition) is 0. The molecule has 2 aliphatic rings. The number of rotatable bonds is 5. The van der Waals surface area contributed by atoms with Crippen molar-refractivity contribution in [2.45, 2.75) is 31.9 Å². The van der Waals surface area contributed by atoms with Gasteiger partial charge in [0.05, 0.1) is 5.52 Å². The van der Waals surface area contributed by atoms with Crippen molar-refractivity contribution in [1.29, 1.82) is 0 Å². The largest absolute Gasteiger partial charge is 0.484 e. The Balaban J connectivity index is 1.16. The molecule has 1 aromatic carbocycles. The number of nitrogens with zero attached hydrogens (tertiary/aromatic N) is 4. The van der Waals surface area contributed by atoms with E-state index in [9.17, 15) is 4.79 Å². The number of amides is 1. The number of fused-ring (bicyclic) bond motifs is 1. The zero-order chi connectivity index (χ0) is 19.6. The van der Waals surface area contributed by atoms with E-state index in [1.807, 2.05) is 35.2 Å². The van der Waals surface area contributed by atoms with Crippen LogP contribution in [0.15, 0.2) is 47.2 Å². The SMILES string of the molecule is O=C(c1coc(COc2ccc3ncccc3c2)n1)N1CC(N2CCCCC2)C1. The number of ether oxygens (including phenoxy) is 1. The van der Waals surface area contributed by atoms with E-state index in [4.69, 9.17) is 9.15 Å².